The largest absolute Gasteiger partial charge is 0.748 e. The highest BCUT2D eigenvalue weighted by atomic mass is 32.2. The molecule has 2 unspecified atom stereocenters. The third kappa shape index (κ3) is 14.0. The number of aromatic nitrogens is 2. The molecule has 258 valence electrons. The van der Waals surface area contributed by atoms with E-state index in [0.29, 0.717) is 17.5 Å². The summed E-state index contributed by atoms with van der Waals surface area (Å²) >= 11 is 6.52. The number of carbonyl (C=O) groups excluding carboxylic acids is 1. The normalized spacial score (nSPS) is 13.7. The molecule has 0 bridgehead atoms. The minimum Gasteiger partial charge on any atom is -0.748 e. The van der Waals surface area contributed by atoms with Crippen LogP contribution in [0.5, 0.6) is 0 Å². The van der Waals surface area contributed by atoms with Gasteiger partial charge in [0, 0.05) is 48.3 Å². The van der Waals surface area contributed by atoms with Crippen molar-refractivity contribution in [3.8, 4) is 0 Å². The first-order chi connectivity index (χ1) is 22.1. The van der Waals surface area contributed by atoms with Crippen LogP contribution in [0.4, 0.5) is 0 Å². The lowest BCUT2D eigenvalue weighted by molar-refractivity contribution is -0.126. The summed E-state index contributed by atoms with van der Waals surface area (Å²) < 4.78 is 47.3. The minimum atomic E-state index is -4.51. The fraction of sp³-hybridized carbons (Fsp3) is 0.469. The lowest BCUT2D eigenvalue weighted by atomic mass is 9.89. The molecule has 0 saturated heterocycles. The standard InChI is InChI=1S/C32H45N3O6S5Si/c1-8-24-9-11-25(12-10-24)18-43-30-34-35-31(45-30)44-19-26-13-15-27(16-14-26)23(2)17-28(20-42-22-47(7,40-5)41-6)29(36)33-32(3,4)21-46(37,38)39/h8-16,23,28H,1,17-22H2,2-7H3,(H,33,36)(H,37,38,39)/p-1. The SMILES string of the molecule is C=Cc1ccc(CSc2nnc(SCc3ccc(C(C)CC(CSC[Si](C)(OC)OC)C(=O)NC(C)(C)CS(=O)(=O)[O-])cc3)s2)cc1. The topological polar surface area (TPSA) is 131 Å². The zero-order chi connectivity index (χ0) is 34.7. The Balaban J connectivity index is 1.58. The maximum atomic E-state index is 13.4. The van der Waals surface area contributed by atoms with Crippen molar-refractivity contribution in [2.45, 2.75) is 65.4 Å². The summed E-state index contributed by atoms with van der Waals surface area (Å²) in [5.74, 6) is 0.789. The maximum absolute atomic E-state index is 13.4. The van der Waals surface area contributed by atoms with Gasteiger partial charge in [0.15, 0.2) is 8.68 Å². The van der Waals surface area contributed by atoms with Crippen LogP contribution in [0.15, 0.2) is 63.8 Å². The summed E-state index contributed by atoms with van der Waals surface area (Å²) in [6.07, 6.45) is 2.39. The van der Waals surface area contributed by atoms with Crippen LogP contribution in [0.3, 0.4) is 0 Å². The summed E-state index contributed by atoms with van der Waals surface area (Å²) in [4.78, 5) is 13.4. The first-order valence-corrected chi connectivity index (χ1v) is 23.0. The van der Waals surface area contributed by atoms with Gasteiger partial charge in [-0.15, -0.1) is 10.2 Å². The predicted molar refractivity (Wildman–Crippen MR) is 198 cm³/mol. The van der Waals surface area contributed by atoms with Crippen molar-refractivity contribution in [2.24, 2.45) is 5.92 Å². The Labute approximate surface area is 297 Å². The van der Waals surface area contributed by atoms with E-state index in [1.807, 2.05) is 12.6 Å². The molecule has 0 aliphatic carbocycles. The third-order valence-corrected chi connectivity index (χ3v) is 17.1. The highest BCUT2D eigenvalue weighted by molar-refractivity contribution is 8.02. The summed E-state index contributed by atoms with van der Waals surface area (Å²) in [5, 5.41) is 12.1. The van der Waals surface area contributed by atoms with Crippen LogP contribution in [0.25, 0.3) is 6.08 Å². The quantitative estimate of drug-likeness (QED) is 0.0731. The molecule has 3 rings (SSSR count). The van der Waals surface area contributed by atoms with Gasteiger partial charge >= 0.3 is 8.56 Å². The van der Waals surface area contributed by atoms with Crippen molar-refractivity contribution in [2.75, 3.05) is 31.1 Å². The Bertz CT molecular complexity index is 1550. The van der Waals surface area contributed by atoms with E-state index in [2.05, 4.69) is 77.5 Å². The highest BCUT2D eigenvalue weighted by Gasteiger charge is 2.32. The molecule has 1 heterocycles. The average molecular weight is 755 g/mol. The van der Waals surface area contributed by atoms with E-state index >= 15 is 0 Å². The average Bonchev–Trinajstić information content (AvgIpc) is 3.49. The van der Waals surface area contributed by atoms with Gasteiger partial charge in [-0.1, -0.05) is 103 Å². The van der Waals surface area contributed by atoms with Gasteiger partial charge in [0.2, 0.25) is 5.91 Å². The molecule has 2 aromatic carbocycles. The fourth-order valence-electron chi connectivity index (χ4n) is 4.61. The smallest absolute Gasteiger partial charge is 0.344 e. The van der Waals surface area contributed by atoms with Gasteiger partial charge in [-0.05, 0) is 55.0 Å². The van der Waals surface area contributed by atoms with Crippen LogP contribution in [-0.4, -0.2) is 74.3 Å². The number of hydrogen-bond acceptors (Lipinski definition) is 12. The van der Waals surface area contributed by atoms with E-state index in [-0.39, 0.29) is 11.8 Å². The van der Waals surface area contributed by atoms with Crippen molar-refractivity contribution in [3.05, 3.63) is 77.4 Å². The van der Waals surface area contributed by atoms with Crippen molar-refractivity contribution in [1.29, 1.82) is 0 Å². The molecular formula is C32H44N3O6S5Si-. The molecule has 47 heavy (non-hydrogen) atoms. The lowest BCUT2D eigenvalue weighted by Crippen LogP contribution is -2.51. The number of thioether (sulfide) groups is 3. The molecule has 9 nitrogen and oxygen atoms in total. The van der Waals surface area contributed by atoms with Gasteiger partial charge in [0.25, 0.3) is 0 Å². The molecule has 3 aromatic rings. The first-order valence-electron chi connectivity index (χ1n) is 15.0. The summed E-state index contributed by atoms with van der Waals surface area (Å²) in [7, 11) is -3.59. The van der Waals surface area contributed by atoms with Gasteiger partial charge < -0.3 is 18.7 Å². The number of benzene rings is 2. The Morgan fingerprint density at radius 3 is 2.06 bits per heavy atom. The van der Waals surface area contributed by atoms with E-state index in [1.165, 1.54) is 5.56 Å². The van der Waals surface area contributed by atoms with Crippen LogP contribution in [0.1, 0.15) is 55.4 Å². The van der Waals surface area contributed by atoms with Crippen LogP contribution in [0, 0.1) is 5.92 Å². The Kier molecular flexibility index (Phi) is 15.5. The molecule has 0 fully saturated rings. The van der Waals surface area contributed by atoms with Gasteiger partial charge in [-0.3, -0.25) is 4.79 Å². The molecule has 0 saturated carbocycles. The summed E-state index contributed by atoms with van der Waals surface area (Å²) in [6, 6.07) is 16.7. The van der Waals surface area contributed by atoms with Crippen LogP contribution in [-0.2, 0) is 35.3 Å². The molecule has 0 aliphatic heterocycles. The van der Waals surface area contributed by atoms with Crippen LogP contribution in [0.2, 0.25) is 6.55 Å². The zero-order valence-corrected chi connectivity index (χ0v) is 32.8. The molecule has 1 amide bonds. The van der Waals surface area contributed by atoms with Crippen molar-refractivity contribution in [3.63, 3.8) is 0 Å². The third-order valence-electron chi connectivity index (χ3n) is 7.43. The Morgan fingerprint density at radius 1 is 1.04 bits per heavy atom. The molecule has 1 N–H and O–H groups in total. The van der Waals surface area contributed by atoms with E-state index in [0.717, 1.165) is 36.9 Å². The number of rotatable bonds is 20. The molecule has 2 atom stereocenters. The second kappa shape index (κ2) is 18.3. The van der Waals surface area contributed by atoms with Gasteiger partial charge in [0.05, 0.1) is 15.9 Å². The molecule has 0 spiro atoms. The van der Waals surface area contributed by atoms with E-state index in [4.69, 9.17) is 8.85 Å². The monoisotopic (exact) mass is 754 g/mol. The van der Waals surface area contributed by atoms with E-state index < -0.39 is 35.9 Å². The van der Waals surface area contributed by atoms with Crippen molar-refractivity contribution >= 4 is 77.3 Å². The second-order valence-electron chi connectivity index (χ2n) is 12.1. The zero-order valence-electron chi connectivity index (χ0n) is 27.7. The van der Waals surface area contributed by atoms with Gasteiger partial charge in [0.1, 0.15) is 0 Å². The molecule has 1 aromatic heterocycles. The second-order valence-corrected chi connectivity index (χ2v) is 21.9. The van der Waals surface area contributed by atoms with E-state index in [9.17, 15) is 17.8 Å². The lowest BCUT2D eigenvalue weighted by Gasteiger charge is -2.31. The maximum Gasteiger partial charge on any atom is 0.344 e. The van der Waals surface area contributed by atoms with Crippen molar-refractivity contribution in [1.82, 2.24) is 15.5 Å². The number of amides is 1. The number of carbonyl (C=O) groups is 1. The molecule has 0 radical (unpaired) electrons. The minimum absolute atomic E-state index is 0.0589. The first kappa shape index (κ1) is 39.7. The highest BCUT2D eigenvalue weighted by Crippen LogP contribution is 2.33. The van der Waals surface area contributed by atoms with Gasteiger partial charge in [-0.25, -0.2) is 8.42 Å². The van der Waals surface area contributed by atoms with Crippen LogP contribution >= 0.6 is 46.6 Å². The Hall–Kier alpha value is -1.69. The molecule has 15 heteroatoms. The van der Waals surface area contributed by atoms with Gasteiger partial charge in [-0.2, -0.15) is 11.8 Å². The number of nitrogens with zero attached hydrogens (tertiary/aromatic N) is 2. The fourth-order valence-corrected chi connectivity index (χ4v) is 12.1. The summed E-state index contributed by atoms with van der Waals surface area (Å²) in [6.45, 7) is 10.9. The van der Waals surface area contributed by atoms with Crippen molar-refractivity contribution < 1.29 is 26.6 Å². The predicted octanol–water partition coefficient (Wildman–Crippen LogP) is 6.95. The Morgan fingerprint density at radius 2 is 1.57 bits per heavy atom. The number of hydrogen-bond donors (Lipinski definition) is 1. The summed E-state index contributed by atoms with van der Waals surface area (Å²) in [5.41, 5.74) is 3.41. The molecule has 0 aliphatic rings. The van der Waals surface area contributed by atoms with Crippen LogP contribution < -0.4 is 5.32 Å². The number of nitrogens with one attached hydrogen (secondary N) is 1. The van der Waals surface area contributed by atoms with E-state index in [1.54, 1.807) is 74.7 Å². The molecular weight excluding hydrogens is 711 g/mol.